The molecule has 0 spiro atoms. The molecule has 1 N–H and O–H groups in total. The zero-order valence-corrected chi connectivity index (χ0v) is 13.3. The monoisotopic (exact) mass is 267 g/mol. The summed E-state index contributed by atoms with van der Waals surface area (Å²) in [6.45, 7) is 7.82. The number of ether oxygens (including phenoxy) is 1. The predicted octanol–water partition coefficient (Wildman–Crippen LogP) is 4.43. The summed E-state index contributed by atoms with van der Waals surface area (Å²) in [5.41, 5.74) is 0.459. The van der Waals surface area contributed by atoms with Gasteiger partial charge >= 0.3 is 0 Å². The van der Waals surface area contributed by atoms with Crippen molar-refractivity contribution >= 4 is 0 Å². The molecule has 0 aromatic rings. The zero-order chi connectivity index (χ0) is 13.8. The Kier molecular flexibility index (Phi) is 5.30. The predicted molar refractivity (Wildman–Crippen MR) is 81.5 cm³/mol. The molecule has 2 nitrogen and oxygen atoms in total. The summed E-state index contributed by atoms with van der Waals surface area (Å²) in [6, 6.07) is 0. The molecule has 112 valence electrons. The summed E-state index contributed by atoms with van der Waals surface area (Å²) >= 11 is 0. The van der Waals surface area contributed by atoms with E-state index in [0.29, 0.717) is 6.10 Å². The molecular weight excluding hydrogens is 234 g/mol. The van der Waals surface area contributed by atoms with Crippen LogP contribution in [0.5, 0.6) is 0 Å². The second-order valence-electron chi connectivity index (χ2n) is 7.69. The van der Waals surface area contributed by atoms with E-state index in [1.54, 1.807) is 0 Å². The number of hydrogen-bond acceptors (Lipinski definition) is 2. The van der Waals surface area contributed by atoms with E-state index >= 15 is 0 Å². The van der Waals surface area contributed by atoms with Gasteiger partial charge in [0.25, 0.3) is 0 Å². The Morgan fingerprint density at radius 2 is 1.63 bits per heavy atom. The smallest absolute Gasteiger partial charge is 0.0698 e. The van der Waals surface area contributed by atoms with Crippen LogP contribution < -0.4 is 5.32 Å². The van der Waals surface area contributed by atoms with Crippen molar-refractivity contribution < 1.29 is 4.74 Å². The molecular formula is C17H33NO. The quantitative estimate of drug-likeness (QED) is 0.744. The molecule has 0 bridgehead atoms. The largest absolute Gasteiger partial charge is 0.372 e. The highest BCUT2D eigenvalue weighted by Gasteiger charge is 2.39. The lowest BCUT2D eigenvalue weighted by Gasteiger charge is -2.45. The SMILES string of the molecule is CC(C)(C)NCCC1(OC2CCCCCC2)CCC1. The molecule has 0 unspecified atom stereocenters. The summed E-state index contributed by atoms with van der Waals surface area (Å²) in [5, 5.41) is 3.62. The maximum Gasteiger partial charge on any atom is 0.0698 e. The van der Waals surface area contributed by atoms with E-state index in [2.05, 4.69) is 26.1 Å². The van der Waals surface area contributed by atoms with Crippen molar-refractivity contribution in [2.45, 2.75) is 102 Å². The molecule has 0 atom stereocenters. The summed E-state index contributed by atoms with van der Waals surface area (Å²) < 4.78 is 6.57. The Bertz CT molecular complexity index is 257. The van der Waals surface area contributed by atoms with Gasteiger partial charge in [-0.25, -0.2) is 0 Å². The number of nitrogens with one attached hydrogen (secondary N) is 1. The summed E-state index contributed by atoms with van der Waals surface area (Å²) in [4.78, 5) is 0. The lowest BCUT2D eigenvalue weighted by molar-refractivity contribution is -0.146. The van der Waals surface area contributed by atoms with Crippen LogP contribution in [0.15, 0.2) is 0 Å². The Labute approximate surface area is 119 Å². The van der Waals surface area contributed by atoms with Gasteiger partial charge in [-0.05, 0) is 65.8 Å². The average Bonchev–Trinajstić information content (AvgIpc) is 2.52. The van der Waals surface area contributed by atoms with Crippen molar-refractivity contribution in [3.63, 3.8) is 0 Å². The number of rotatable bonds is 5. The second kappa shape index (κ2) is 6.58. The Morgan fingerprint density at radius 1 is 1.00 bits per heavy atom. The Hall–Kier alpha value is -0.0800. The summed E-state index contributed by atoms with van der Waals surface area (Å²) in [5.74, 6) is 0. The first-order valence-electron chi connectivity index (χ1n) is 8.42. The molecule has 19 heavy (non-hydrogen) atoms. The first kappa shape index (κ1) is 15.3. The van der Waals surface area contributed by atoms with Gasteiger partial charge in [0.2, 0.25) is 0 Å². The first-order chi connectivity index (χ1) is 8.99. The Balaban J connectivity index is 1.77. The highest BCUT2D eigenvalue weighted by atomic mass is 16.5. The van der Waals surface area contributed by atoms with Gasteiger partial charge in [0.1, 0.15) is 0 Å². The summed E-state index contributed by atoms with van der Waals surface area (Å²) in [7, 11) is 0. The minimum atomic E-state index is 0.229. The van der Waals surface area contributed by atoms with E-state index in [9.17, 15) is 0 Å². The van der Waals surface area contributed by atoms with Gasteiger partial charge in [-0.1, -0.05) is 25.7 Å². The van der Waals surface area contributed by atoms with Crippen molar-refractivity contribution in [2.24, 2.45) is 0 Å². The van der Waals surface area contributed by atoms with E-state index in [1.165, 1.54) is 64.2 Å². The molecule has 2 rings (SSSR count). The van der Waals surface area contributed by atoms with Crippen molar-refractivity contribution in [1.82, 2.24) is 5.32 Å². The lowest BCUT2D eigenvalue weighted by Crippen LogP contribution is -2.47. The fourth-order valence-electron chi connectivity index (χ4n) is 3.38. The van der Waals surface area contributed by atoms with Gasteiger partial charge in [-0.2, -0.15) is 0 Å². The van der Waals surface area contributed by atoms with E-state index in [-0.39, 0.29) is 11.1 Å². The van der Waals surface area contributed by atoms with Gasteiger partial charge in [0.05, 0.1) is 11.7 Å². The van der Waals surface area contributed by atoms with Crippen LogP contribution in [0, 0.1) is 0 Å². The number of hydrogen-bond donors (Lipinski definition) is 1. The van der Waals surface area contributed by atoms with Crippen LogP contribution in [-0.4, -0.2) is 23.8 Å². The van der Waals surface area contributed by atoms with Gasteiger partial charge < -0.3 is 10.1 Å². The highest BCUT2D eigenvalue weighted by Crippen LogP contribution is 2.41. The lowest BCUT2D eigenvalue weighted by atomic mass is 9.77. The van der Waals surface area contributed by atoms with Crippen LogP contribution in [0.3, 0.4) is 0 Å². The molecule has 0 amide bonds. The van der Waals surface area contributed by atoms with Crippen LogP contribution in [0.2, 0.25) is 0 Å². The Morgan fingerprint density at radius 3 is 2.11 bits per heavy atom. The van der Waals surface area contributed by atoms with Crippen molar-refractivity contribution in [3.05, 3.63) is 0 Å². The maximum atomic E-state index is 6.57. The molecule has 2 aliphatic carbocycles. The van der Waals surface area contributed by atoms with Crippen molar-refractivity contribution in [1.29, 1.82) is 0 Å². The van der Waals surface area contributed by atoms with E-state index in [4.69, 9.17) is 4.74 Å². The van der Waals surface area contributed by atoms with Crippen molar-refractivity contribution in [3.8, 4) is 0 Å². The fourth-order valence-corrected chi connectivity index (χ4v) is 3.38. The molecule has 0 radical (unpaired) electrons. The first-order valence-corrected chi connectivity index (χ1v) is 8.42. The standard InChI is InChI=1S/C17H33NO/c1-16(2,3)18-14-13-17(11-8-12-17)19-15-9-6-4-5-7-10-15/h15,18H,4-14H2,1-3H3. The topological polar surface area (TPSA) is 21.3 Å². The zero-order valence-electron chi connectivity index (χ0n) is 13.3. The molecule has 0 aromatic carbocycles. The molecule has 0 aromatic heterocycles. The van der Waals surface area contributed by atoms with Crippen molar-refractivity contribution in [2.75, 3.05) is 6.54 Å². The molecule has 2 heteroatoms. The minimum Gasteiger partial charge on any atom is -0.372 e. The fraction of sp³-hybridized carbons (Fsp3) is 1.00. The third kappa shape index (κ3) is 5.07. The molecule has 0 heterocycles. The average molecular weight is 267 g/mol. The normalized spacial score (nSPS) is 24.8. The minimum absolute atomic E-state index is 0.229. The molecule has 0 saturated heterocycles. The highest BCUT2D eigenvalue weighted by molar-refractivity contribution is 4.92. The maximum absolute atomic E-state index is 6.57. The third-order valence-corrected chi connectivity index (χ3v) is 4.72. The molecule has 2 fully saturated rings. The van der Waals surface area contributed by atoms with Gasteiger partial charge in [-0.15, -0.1) is 0 Å². The van der Waals surface area contributed by atoms with Crippen LogP contribution >= 0.6 is 0 Å². The van der Waals surface area contributed by atoms with Gasteiger partial charge in [0, 0.05) is 5.54 Å². The van der Waals surface area contributed by atoms with Crippen LogP contribution in [0.1, 0.15) is 85.0 Å². The van der Waals surface area contributed by atoms with Crippen LogP contribution in [-0.2, 0) is 4.74 Å². The second-order valence-corrected chi connectivity index (χ2v) is 7.69. The molecule has 2 saturated carbocycles. The third-order valence-electron chi connectivity index (χ3n) is 4.72. The molecule has 2 aliphatic rings. The van der Waals surface area contributed by atoms with E-state index in [1.807, 2.05) is 0 Å². The van der Waals surface area contributed by atoms with Crippen LogP contribution in [0.4, 0.5) is 0 Å². The van der Waals surface area contributed by atoms with Crippen LogP contribution in [0.25, 0.3) is 0 Å². The van der Waals surface area contributed by atoms with E-state index < -0.39 is 0 Å². The van der Waals surface area contributed by atoms with Gasteiger partial charge in [0.15, 0.2) is 0 Å². The van der Waals surface area contributed by atoms with Gasteiger partial charge in [-0.3, -0.25) is 0 Å². The summed E-state index contributed by atoms with van der Waals surface area (Å²) in [6.07, 6.45) is 13.9. The van der Waals surface area contributed by atoms with E-state index in [0.717, 1.165) is 6.54 Å². The molecule has 0 aliphatic heterocycles.